The Morgan fingerprint density at radius 2 is 1.89 bits per heavy atom. The van der Waals surface area contributed by atoms with Gasteiger partial charge in [0.2, 0.25) is 0 Å². The van der Waals surface area contributed by atoms with E-state index in [2.05, 4.69) is 0 Å². The molecule has 0 bridgehead atoms. The summed E-state index contributed by atoms with van der Waals surface area (Å²) in [6, 6.07) is 0. The third-order valence-corrected chi connectivity index (χ3v) is 2.03. The largest absolute Gasteiger partial charge is 0.471 e. The van der Waals surface area contributed by atoms with Gasteiger partial charge in [-0.3, -0.25) is 4.21 Å². The molecule has 0 saturated heterocycles. The van der Waals surface area contributed by atoms with E-state index in [9.17, 15) is 17.4 Å². The molecule has 1 nitrogen and oxygen atoms in total. The van der Waals surface area contributed by atoms with Crippen LogP contribution in [0.25, 0.3) is 0 Å². The Balaban J connectivity index is 3.74. The maximum Gasteiger partial charge on any atom is 0.471 e. The summed E-state index contributed by atoms with van der Waals surface area (Å²) in [6.45, 7) is 0. The van der Waals surface area contributed by atoms with Gasteiger partial charge < -0.3 is 0 Å². The zero-order valence-corrected chi connectivity index (χ0v) is 5.81. The molecule has 0 fully saturated rings. The predicted molar refractivity (Wildman–Crippen MR) is 29.8 cm³/mol. The highest BCUT2D eigenvalue weighted by atomic mass is 35.5. The van der Waals surface area contributed by atoms with Crippen LogP contribution in [0.5, 0.6) is 0 Å². The summed E-state index contributed by atoms with van der Waals surface area (Å²) in [5.41, 5.74) is -4.60. The van der Waals surface area contributed by atoms with Gasteiger partial charge in [0.1, 0.15) is 10.8 Å². The number of halogens is 4. The van der Waals surface area contributed by atoms with Gasteiger partial charge in [-0.05, 0) is 0 Å². The van der Waals surface area contributed by atoms with Gasteiger partial charge in [-0.2, -0.15) is 13.2 Å². The molecule has 9 heavy (non-hydrogen) atoms. The molecule has 0 aromatic rings. The Morgan fingerprint density at radius 1 is 1.44 bits per heavy atom. The van der Waals surface area contributed by atoms with Gasteiger partial charge in [0, 0.05) is 11.6 Å². The summed E-state index contributed by atoms with van der Waals surface area (Å²) in [7, 11) is -2.77. The fourth-order valence-corrected chi connectivity index (χ4v) is 0.978. The van der Waals surface area contributed by atoms with E-state index >= 15 is 0 Å². The third kappa shape index (κ3) is 3.75. The van der Waals surface area contributed by atoms with Crippen LogP contribution in [0.1, 0.15) is 0 Å². The predicted octanol–water partition coefficient (Wildman–Crippen LogP) is 1.49. The molecule has 56 valence electrons. The van der Waals surface area contributed by atoms with Crippen LogP contribution < -0.4 is 0 Å². The van der Waals surface area contributed by atoms with Crippen molar-refractivity contribution in [1.29, 1.82) is 0 Å². The first-order valence-electron chi connectivity index (χ1n) is 1.99. The van der Waals surface area contributed by atoms with Crippen molar-refractivity contribution in [2.45, 2.75) is 5.51 Å². The molecule has 0 aliphatic carbocycles. The second-order valence-electron chi connectivity index (χ2n) is 1.18. The van der Waals surface area contributed by atoms with Crippen molar-refractivity contribution in [2.75, 3.05) is 11.6 Å². The monoisotopic (exact) mass is 180 g/mol. The number of hydrogen-bond donors (Lipinski definition) is 0. The van der Waals surface area contributed by atoms with Gasteiger partial charge in [0.15, 0.2) is 0 Å². The number of alkyl halides is 4. The zero-order valence-electron chi connectivity index (χ0n) is 4.24. The van der Waals surface area contributed by atoms with E-state index in [1.807, 2.05) is 0 Å². The van der Waals surface area contributed by atoms with Crippen LogP contribution in [-0.4, -0.2) is 21.4 Å². The summed E-state index contributed by atoms with van der Waals surface area (Å²) in [6.07, 6.45) is 0. The van der Waals surface area contributed by atoms with E-state index < -0.39 is 22.1 Å². The quantitative estimate of drug-likeness (QED) is 0.589. The first-order chi connectivity index (χ1) is 3.98. The summed E-state index contributed by atoms with van der Waals surface area (Å²) in [5, 5.41) is 0. The van der Waals surface area contributed by atoms with Gasteiger partial charge in [0.25, 0.3) is 0 Å². The Morgan fingerprint density at radius 3 is 2.00 bits per heavy atom. The van der Waals surface area contributed by atoms with E-state index in [1.54, 1.807) is 0 Å². The molecule has 0 heterocycles. The van der Waals surface area contributed by atoms with Crippen LogP contribution in [0.3, 0.4) is 0 Å². The highest BCUT2D eigenvalue weighted by Gasteiger charge is 2.35. The van der Waals surface area contributed by atoms with Gasteiger partial charge in [-0.1, -0.05) is 0 Å². The average Bonchev–Trinajstić information content (AvgIpc) is 1.64. The molecule has 0 aliphatic heterocycles. The van der Waals surface area contributed by atoms with Crippen molar-refractivity contribution in [1.82, 2.24) is 0 Å². The van der Waals surface area contributed by atoms with E-state index in [-0.39, 0.29) is 5.88 Å². The maximum atomic E-state index is 11.3. The lowest BCUT2D eigenvalue weighted by molar-refractivity contribution is -0.0383. The van der Waals surface area contributed by atoms with E-state index in [0.29, 0.717) is 0 Å². The van der Waals surface area contributed by atoms with Crippen molar-refractivity contribution in [2.24, 2.45) is 0 Å². The number of hydrogen-bond acceptors (Lipinski definition) is 1. The molecule has 1 unspecified atom stereocenters. The molecule has 0 aromatic carbocycles. The van der Waals surface area contributed by atoms with E-state index in [4.69, 9.17) is 11.6 Å². The molecule has 0 aromatic heterocycles. The minimum Gasteiger partial charge on any atom is -0.250 e. The SMILES string of the molecule is O=S(CCCl)C(F)(F)F. The molecule has 0 saturated carbocycles. The third-order valence-electron chi connectivity index (χ3n) is 0.521. The molecule has 1 atom stereocenters. The highest BCUT2D eigenvalue weighted by Crippen LogP contribution is 2.19. The second-order valence-corrected chi connectivity index (χ2v) is 3.12. The van der Waals surface area contributed by atoms with Crippen LogP contribution in [0.2, 0.25) is 0 Å². The highest BCUT2D eigenvalue weighted by molar-refractivity contribution is 7.85. The minimum absolute atomic E-state index is 0.230. The van der Waals surface area contributed by atoms with Gasteiger partial charge >= 0.3 is 5.51 Å². The fourth-order valence-electron chi connectivity index (χ4n) is 0.186. The lowest BCUT2D eigenvalue weighted by Gasteiger charge is -2.01. The van der Waals surface area contributed by atoms with Gasteiger partial charge in [-0.25, -0.2) is 0 Å². The van der Waals surface area contributed by atoms with Crippen molar-refractivity contribution in [3.05, 3.63) is 0 Å². The summed E-state index contributed by atoms with van der Waals surface area (Å²) in [4.78, 5) is 0. The van der Waals surface area contributed by atoms with Crippen molar-refractivity contribution in [3.8, 4) is 0 Å². The Kier molecular flexibility index (Phi) is 3.50. The molecule has 0 radical (unpaired) electrons. The molecular weight excluding hydrogens is 177 g/mol. The van der Waals surface area contributed by atoms with Crippen molar-refractivity contribution < 1.29 is 17.4 Å². The summed E-state index contributed by atoms with van der Waals surface area (Å²) >= 11 is 4.91. The average molecular weight is 181 g/mol. The molecule has 0 amide bonds. The smallest absolute Gasteiger partial charge is 0.250 e. The van der Waals surface area contributed by atoms with E-state index in [0.717, 1.165) is 0 Å². The van der Waals surface area contributed by atoms with Crippen LogP contribution in [0.4, 0.5) is 13.2 Å². The molecule has 0 N–H and O–H groups in total. The normalized spacial score (nSPS) is 15.6. The lowest BCUT2D eigenvalue weighted by atomic mass is 11.0. The fraction of sp³-hybridized carbons (Fsp3) is 1.00. The van der Waals surface area contributed by atoms with Crippen LogP contribution in [0.15, 0.2) is 0 Å². The summed E-state index contributed by atoms with van der Waals surface area (Å²) in [5.74, 6) is -0.753. The van der Waals surface area contributed by atoms with Crippen LogP contribution >= 0.6 is 11.6 Å². The Labute approximate surface area is 57.6 Å². The van der Waals surface area contributed by atoms with Gasteiger partial charge in [0.05, 0.1) is 0 Å². The minimum atomic E-state index is -4.60. The first kappa shape index (κ1) is 9.23. The summed E-state index contributed by atoms with van der Waals surface area (Å²) < 4.78 is 43.8. The van der Waals surface area contributed by atoms with Gasteiger partial charge in [-0.15, -0.1) is 11.6 Å². The Bertz CT molecular complexity index is 112. The number of rotatable bonds is 2. The molecular formula is C3H4ClF3OS. The maximum absolute atomic E-state index is 11.3. The first-order valence-corrected chi connectivity index (χ1v) is 3.85. The van der Waals surface area contributed by atoms with E-state index in [1.165, 1.54) is 0 Å². The molecule has 0 aliphatic rings. The van der Waals surface area contributed by atoms with Crippen LogP contribution in [-0.2, 0) is 10.8 Å². The molecule has 0 spiro atoms. The zero-order chi connectivity index (χ0) is 7.49. The topological polar surface area (TPSA) is 17.1 Å². The van der Waals surface area contributed by atoms with Crippen molar-refractivity contribution >= 4 is 22.4 Å². The molecule has 6 heteroatoms. The Hall–Kier alpha value is 0.230. The molecule has 0 rings (SSSR count). The van der Waals surface area contributed by atoms with Crippen LogP contribution in [0, 0.1) is 0 Å². The standard InChI is InChI=1S/C3H4ClF3OS/c4-1-2-9(8)3(5,6)7/h1-2H2. The second kappa shape index (κ2) is 3.41. The lowest BCUT2D eigenvalue weighted by Crippen LogP contribution is -2.19. The van der Waals surface area contributed by atoms with Crippen molar-refractivity contribution in [3.63, 3.8) is 0 Å².